The van der Waals surface area contributed by atoms with E-state index in [9.17, 15) is 18.0 Å². The van der Waals surface area contributed by atoms with Crippen LogP contribution >= 0.6 is 0 Å². The van der Waals surface area contributed by atoms with Crippen LogP contribution in [-0.4, -0.2) is 30.8 Å². The molecule has 176 valence electrons. The van der Waals surface area contributed by atoms with Gasteiger partial charge in [-0.15, -0.1) is 0 Å². The molecule has 0 amide bonds. The van der Waals surface area contributed by atoms with E-state index in [1.54, 1.807) is 13.8 Å². The Hall–Kier alpha value is -3.33. The Bertz CT molecular complexity index is 1080. The largest absolute Gasteiger partial charge is 0.487 e. The van der Waals surface area contributed by atoms with Crippen molar-refractivity contribution in [1.29, 1.82) is 0 Å². The second-order valence-corrected chi connectivity index (χ2v) is 7.16. The molecule has 0 aliphatic heterocycles. The number of oxazole rings is 1. The van der Waals surface area contributed by atoms with Crippen molar-refractivity contribution in [3.05, 3.63) is 71.1 Å². The predicted octanol–water partition coefficient (Wildman–Crippen LogP) is 5.37. The van der Waals surface area contributed by atoms with Crippen molar-refractivity contribution in [2.75, 3.05) is 13.7 Å². The number of esters is 1. The molecule has 0 N–H and O–H groups in total. The summed E-state index contributed by atoms with van der Waals surface area (Å²) in [6.07, 6.45) is -6.06. The summed E-state index contributed by atoms with van der Waals surface area (Å²) in [7, 11) is 1.16. The number of carbonyl (C=O) groups is 1. The molecule has 2 aromatic carbocycles. The fourth-order valence-electron chi connectivity index (χ4n) is 3.25. The number of methoxy groups -OCH3 is 1. The van der Waals surface area contributed by atoms with E-state index in [4.69, 9.17) is 13.9 Å². The van der Waals surface area contributed by atoms with Gasteiger partial charge in [0.15, 0.2) is 6.10 Å². The van der Waals surface area contributed by atoms with Crippen LogP contribution in [0.25, 0.3) is 11.5 Å². The summed E-state index contributed by atoms with van der Waals surface area (Å²) in [5, 5.41) is 0. The molecule has 3 aromatic rings. The van der Waals surface area contributed by atoms with Gasteiger partial charge in [-0.05, 0) is 43.7 Å². The molecule has 0 aliphatic carbocycles. The Morgan fingerprint density at radius 2 is 1.88 bits per heavy atom. The number of nitrogens with zero attached hydrogens (tertiary/aromatic N) is 1. The first-order valence-electron chi connectivity index (χ1n) is 10.3. The molecule has 1 aromatic heterocycles. The van der Waals surface area contributed by atoms with E-state index >= 15 is 0 Å². The van der Waals surface area contributed by atoms with Crippen LogP contribution in [0.3, 0.4) is 0 Å². The van der Waals surface area contributed by atoms with Crippen LogP contribution in [0, 0.1) is 6.92 Å². The van der Waals surface area contributed by atoms with Crippen LogP contribution in [0.5, 0.6) is 5.75 Å². The summed E-state index contributed by atoms with van der Waals surface area (Å²) < 4.78 is 62.3. The lowest BCUT2D eigenvalue weighted by Gasteiger charge is -2.19. The first-order chi connectivity index (χ1) is 15.7. The fourth-order valence-corrected chi connectivity index (χ4v) is 3.25. The molecule has 0 aliphatic rings. The average Bonchev–Trinajstić information content (AvgIpc) is 3.17. The van der Waals surface area contributed by atoms with E-state index < -0.39 is 23.8 Å². The van der Waals surface area contributed by atoms with Crippen LogP contribution < -0.4 is 4.74 Å². The maximum atomic E-state index is 13.7. The Morgan fingerprint density at radius 3 is 2.52 bits per heavy atom. The minimum atomic E-state index is -4.65. The van der Waals surface area contributed by atoms with Crippen LogP contribution in [0.15, 0.2) is 52.9 Å². The summed E-state index contributed by atoms with van der Waals surface area (Å²) in [5.41, 5.74) is 0.261. The highest BCUT2D eigenvalue weighted by molar-refractivity contribution is 5.75. The van der Waals surface area contributed by atoms with E-state index in [1.165, 1.54) is 12.1 Å². The van der Waals surface area contributed by atoms with Crippen molar-refractivity contribution in [2.45, 2.75) is 39.2 Å². The lowest BCUT2D eigenvalue weighted by molar-refractivity contribution is -0.154. The summed E-state index contributed by atoms with van der Waals surface area (Å²) >= 11 is 0. The number of halogens is 3. The number of hydrogen-bond donors (Lipinski definition) is 0. The van der Waals surface area contributed by atoms with Crippen molar-refractivity contribution < 1.29 is 36.6 Å². The SMILES string of the molecule is CCO[C@@H](Cc1ccc(OCc2nc(-c3ccccc3)oc2C)cc1C(F)(F)F)C(=O)OC. The van der Waals surface area contributed by atoms with E-state index in [-0.39, 0.29) is 30.9 Å². The topological polar surface area (TPSA) is 70.8 Å². The molecule has 1 heterocycles. The Morgan fingerprint density at radius 1 is 1.15 bits per heavy atom. The maximum Gasteiger partial charge on any atom is 0.416 e. The van der Waals surface area contributed by atoms with Gasteiger partial charge < -0.3 is 18.6 Å². The van der Waals surface area contributed by atoms with Gasteiger partial charge in [-0.2, -0.15) is 13.2 Å². The summed E-state index contributed by atoms with van der Waals surface area (Å²) in [6, 6.07) is 12.8. The number of hydrogen-bond acceptors (Lipinski definition) is 6. The number of benzene rings is 2. The van der Waals surface area contributed by atoms with Crippen molar-refractivity contribution in [2.24, 2.45) is 0 Å². The maximum absolute atomic E-state index is 13.7. The number of carbonyl (C=O) groups excluding carboxylic acids is 1. The highest BCUT2D eigenvalue weighted by Gasteiger charge is 2.35. The smallest absolute Gasteiger partial charge is 0.416 e. The molecule has 0 radical (unpaired) electrons. The molecule has 33 heavy (non-hydrogen) atoms. The quantitative estimate of drug-likeness (QED) is 0.398. The third-order valence-corrected chi connectivity index (χ3v) is 4.91. The molecule has 0 spiro atoms. The standard InChI is InChI=1S/C24H24F3NO5/c1-4-31-21(23(29)30-3)12-17-10-11-18(13-19(17)24(25,26)27)32-14-20-15(2)33-22(28-20)16-8-6-5-7-9-16/h5-11,13,21H,4,12,14H2,1-3H3/t21-/m0/s1. The second kappa shape index (κ2) is 10.5. The van der Waals surface area contributed by atoms with Crippen LogP contribution in [0.1, 0.15) is 29.5 Å². The van der Waals surface area contributed by atoms with Crippen molar-refractivity contribution in [1.82, 2.24) is 4.98 Å². The van der Waals surface area contributed by atoms with Gasteiger partial charge >= 0.3 is 12.1 Å². The number of ether oxygens (including phenoxy) is 3. The van der Waals surface area contributed by atoms with Gasteiger partial charge in [0, 0.05) is 18.6 Å². The Labute approximate surface area is 189 Å². The average molecular weight is 463 g/mol. The van der Waals surface area contributed by atoms with Crippen molar-refractivity contribution in [3.8, 4) is 17.2 Å². The zero-order valence-electron chi connectivity index (χ0n) is 18.4. The van der Waals surface area contributed by atoms with E-state index in [0.717, 1.165) is 18.7 Å². The highest BCUT2D eigenvalue weighted by atomic mass is 19.4. The molecular formula is C24H24F3NO5. The molecule has 0 saturated heterocycles. The molecular weight excluding hydrogens is 439 g/mol. The van der Waals surface area contributed by atoms with Gasteiger partial charge in [0.05, 0.1) is 12.7 Å². The fraction of sp³-hybridized carbons (Fsp3) is 0.333. The third kappa shape index (κ3) is 6.13. The summed E-state index contributed by atoms with van der Waals surface area (Å²) in [6.45, 7) is 3.45. The van der Waals surface area contributed by atoms with Gasteiger partial charge in [-0.1, -0.05) is 24.3 Å². The zero-order valence-corrected chi connectivity index (χ0v) is 18.4. The first kappa shape index (κ1) is 24.3. The Balaban J connectivity index is 1.79. The van der Waals surface area contributed by atoms with Crippen LogP contribution in [0.4, 0.5) is 13.2 Å². The molecule has 6 nitrogen and oxygen atoms in total. The molecule has 0 bridgehead atoms. The van der Waals surface area contributed by atoms with E-state index in [2.05, 4.69) is 9.72 Å². The highest BCUT2D eigenvalue weighted by Crippen LogP contribution is 2.35. The van der Waals surface area contributed by atoms with E-state index in [0.29, 0.717) is 17.3 Å². The normalized spacial score (nSPS) is 12.4. The third-order valence-electron chi connectivity index (χ3n) is 4.91. The summed E-state index contributed by atoms with van der Waals surface area (Å²) in [5.74, 6) is 0.198. The lowest BCUT2D eigenvalue weighted by Crippen LogP contribution is -2.29. The minimum absolute atomic E-state index is 0.0146. The van der Waals surface area contributed by atoms with Crippen molar-refractivity contribution >= 4 is 5.97 Å². The molecule has 9 heteroatoms. The van der Waals surface area contributed by atoms with Gasteiger partial charge in [0.2, 0.25) is 5.89 Å². The summed E-state index contributed by atoms with van der Waals surface area (Å²) in [4.78, 5) is 16.3. The number of aryl methyl sites for hydroxylation is 1. The van der Waals surface area contributed by atoms with E-state index in [1.807, 2.05) is 30.3 Å². The number of rotatable bonds is 9. The monoisotopic (exact) mass is 463 g/mol. The van der Waals surface area contributed by atoms with Crippen molar-refractivity contribution in [3.63, 3.8) is 0 Å². The van der Waals surface area contributed by atoms with Gasteiger partial charge in [-0.3, -0.25) is 0 Å². The van der Waals surface area contributed by atoms with Crippen LogP contribution in [0.2, 0.25) is 0 Å². The molecule has 1 atom stereocenters. The molecule has 3 rings (SSSR count). The Kier molecular flexibility index (Phi) is 7.75. The second-order valence-electron chi connectivity index (χ2n) is 7.16. The first-order valence-corrected chi connectivity index (χ1v) is 10.3. The zero-order chi connectivity index (χ0) is 24.0. The number of alkyl halides is 3. The molecule has 0 unspecified atom stereocenters. The molecule has 0 saturated carbocycles. The van der Waals surface area contributed by atoms with Gasteiger partial charge in [0.1, 0.15) is 23.8 Å². The predicted molar refractivity (Wildman–Crippen MR) is 114 cm³/mol. The minimum Gasteiger partial charge on any atom is -0.487 e. The number of aromatic nitrogens is 1. The molecule has 0 fully saturated rings. The van der Waals surface area contributed by atoms with Crippen LogP contribution in [-0.2, 0) is 33.5 Å². The van der Waals surface area contributed by atoms with Gasteiger partial charge in [0.25, 0.3) is 0 Å². The lowest BCUT2D eigenvalue weighted by atomic mass is 10.0. The van der Waals surface area contributed by atoms with Gasteiger partial charge in [-0.25, -0.2) is 9.78 Å².